The Labute approximate surface area is 94.2 Å². The van der Waals surface area contributed by atoms with E-state index in [1.165, 1.54) is 0 Å². The molecule has 0 spiro atoms. The van der Waals surface area contributed by atoms with E-state index in [2.05, 4.69) is 6.08 Å². The van der Waals surface area contributed by atoms with Gasteiger partial charge in [0.1, 0.15) is 0 Å². The number of carbonyl (C=O) groups excluding carboxylic acids is 1. The molecule has 2 unspecified atom stereocenters. The summed E-state index contributed by atoms with van der Waals surface area (Å²) in [6.45, 7) is 6.15. The molecule has 0 saturated carbocycles. The average Bonchev–Trinajstić information content (AvgIpc) is 2.12. The number of esters is 1. The average molecular weight is 231 g/mol. The van der Waals surface area contributed by atoms with Gasteiger partial charge in [-0.2, -0.15) is 0 Å². The minimum Gasteiger partial charge on any atom is -0.466 e. The molecule has 0 aliphatic rings. The quantitative estimate of drug-likeness (QED) is 0.315. The molecule has 0 aromatic rings. The molecule has 0 radical (unpaired) electrons. The fourth-order valence-corrected chi connectivity index (χ4v) is 2.41. The molecule has 0 aromatic heterocycles. The van der Waals surface area contributed by atoms with Gasteiger partial charge in [0.2, 0.25) is 0 Å². The molecular weight excluding hydrogens is 209 g/mol. The zero-order valence-electron chi connectivity index (χ0n) is 9.88. The molecule has 0 rings (SSSR count). The van der Waals surface area contributed by atoms with Gasteiger partial charge in [0.25, 0.3) is 0 Å². The van der Waals surface area contributed by atoms with Crippen LogP contribution in [0.5, 0.6) is 0 Å². The molecule has 0 aromatic carbocycles. The molecule has 0 amide bonds. The zero-order valence-corrected chi connectivity index (χ0v) is 10.9. The summed E-state index contributed by atoms with van der Waals surface area (Å²) in [6.07, 6.45) is 6.39. The molecular formula is C11H22NO2P. The van der Waals surface area contributed by atoms with Crippen LogP contribution in [0.3, 0.4) is 0 Å². The summed E-state index contributed by atoms with van der Waals surface area (Å²) in [5.74, 6) is -0.196. The van der Waals surface area contributed by atoms with Gasteiger partial charge < -0.3 is 10.5 Å². The molecule has 88 valence electrons. The number of carbonyl (C=O) groups is 1. The predicted octanol–water partition coefficient (Wildman–Crippen LogP) is 1.91. The fourth-order valence-electron chi connectivity index (χ4n) is 1.16. The van der Waals surface area contributed by atoms with Gasteiger partial charge in [0, 0.05) is 5.54 Å². The minimum absolute atomic E-state index is 0.196. The second-order valence-corrected chi connectivity index (χ2v) is 5.10. The lowest BCUT2D eigenvalue weighted by atomic mass is 10.0. The first-order chi connectivity index (χ1) is 7.02. The van der Waals surface area contributed by atoms with Crippen molar-refractivity contribution in [3.05, 3.63) is 12.2 Å². The topological polar surface area (TPSA) is 52.3 Å². The first-order valence-electron chi connectivity index (χ1n) is 5.28. The van der Waals surface area contributed by atoms with E-state index in [1.54, 1.807) is 6.92 Å². The molecule has 2 N–H and O–H groups in total. The molecule has 4 heteroatoms. The van der Waals surface area contributed by atoms with Crippen molar-refractivity contribution in [3.8, 4) is 0 Å². The van der Waals surface area contributed by atoms with Crippen LogP contribution in [0.4, 0.5) is 0 Å². The SMILES string of the molecule is C/C=C/CPCC(C)(N)CC(=O)OCC. The van der Waals surface area contributed by atoms with Crippen LogP contribution in [0.1, 0.15) is 27.2 Å². The number of ether oxygens (including phenoxy) is 1. The van der Waals surface area contributed by atoms with Gasteiger partial charge in [-0.15, -0.1) is 8.58 Å². The maximum absolute atomic E-state index is 11.2. The number of rotatable bonds is 7. The van der Waals surface area contributed by atoms with Gasteiger partial charge >= 0.3 is 5.97 Å². The van der Waals surface area contributed by atoms with Gasteiger partial charge in [-0.05, 0) is 33.1 Å². The van der Waals surface area contributed by atoms with Crippen LogP contribution in [0, 0.1) is 0 Å². The lowest BCUT2D eigenvalue weighted by Crippen LogP contribution is -2.41. The Morgan fingerprint density at radius 1 is 1.60 bits per heavy atom. The summed E-state index contributed by atoms with van der Waals surface area (Å²) < 4.78 is 4.88. The molecule has 0 fully saturated rings. The van der Waals surface area contributed by atoms with E-state index in [4.69, 9.17) is 10.5 Å². The van der Waals surface area contributed by atoms with Crippen molar-refractivity contribution in [2.45, 2.75) is 32.7 Å². The second kappa shape index (κ2) is 7.84. The zero-order chi connectivity index (χ0) is 11.7. The van der Waals surface area contributed by atoms with Gasteiger partial charge in [-0.3, -0.25) is 4.79 Å². The van der Waals surface area contributed by atoms with Crippen LogP contribution in [-0.4, -0.2) is 30.4 Å². The van der Waals surface area contributed by atoms with Crippen molar-refractivity contribution < 1.29 is 9.53 Å². The van der Waals surface area contributed by atoms with E-state index in [9.17, 15) is 4.79 Å². The van der Waals surface area contributed by atoms with Crippen molar-refractivity contribution >= 4 is 14.6 Å². The fraction of sp³-hybridized carbons (Fsp3) is 0.727. The van der Waals surface area contributed by atoms with Gasteiger partial charge in [0.05, 0.1) is 13.0 Å². The summed E-state index contributed by atoms with van der Waals surface area (Å²) in [6, 6.07) is 0. The molecule has 2 atom stereocenters. The molecule has 0 heterocycles. The summed E-state index contributed by atoms with van der Waals surface area (Å²) in [5.41, 5.74) is 5.59. The molecule has 15 heavy (non-hydrogen) atoms. The predicted molar refractivity (Wildman–Crippen MR) is 66.7 cm³/mol. The van der Waals surface area contributed by atoms with Crippen LogP contribution in [0.2, 0.25) is 0 Å². The Hall–Kier alpha value is -0.400. The highest BCUT2D eigenvalue weighted by atomic mass is 31.1. The third-order valence-corrected chi connectivity index (χ3v) is 3.46. The van der Waals surface area contributed by atoms with Crippen LogP contribution in [-0.2, 0) is 9.53 Å². The van der Waals surface area contributed by atoms with E-state index in [0.29, 0.717) is 13.0 Å². The number of hydrogen-bond acceptors (Lipinski definition) is 3. The number of nitrogens with two attached hydrogens (primary N) is 1. The largest absolute Gasteiger partial charge is 0.466 e. The smallest absolute Gasteiger partial charge is 0.307 e. The van der Waals surface area contributed by atoms with Crippen LogP contribution in [0.15, 0.2) is 12.2 Å². The Bertz CT molecular complexity index is 215. The van der Waals surface area contributed by atoms with E-state index in [-0.39, 0.29) is 5.97 Å². The summed E-state index contributed by atoms with van der Waals surface area (Å²) in [7, 11) is 0.772. The molecule has 0 aliphatic carbocycles. The molecule has 3 nitrogen and oxygen atoms in total. The number of allylic oxidation sites excluding steroid dienone is 2. The van der Waals surface area contributed by atoms with E-state index >= 15 is 0 Å². The van der Waals surface area contributed by atoms with Gasteiger partial charge in [-0.1, -0.05) is 12.2 Å². The van der Waals surface area contributed by atoms with E-state index < -0.39 is 5.54 Å². The van der Waals surface area contributed by atoms with Crippen LogP contribution >= 0.6 is 8.58 Å². The van der Waals surface area contributed by atoms with Crippen molar-refractivity contribution in [2.24, 2.45) is 5.73 Å². The molecule has 0 bridgehead atoms. The van der Waals surface area contributed by atoms with E-state index in [1.807, 2.05) is 19.9 Å². The monoisotopic (exact) mass is 231 g/mol. The Kier molecular flexibility index (Phi) is 7.63. The Morgan fingerprint density at radius 3 is 2.80 bits per heavy atom. The highest BCUT2D eigenvalue weighted by Gasteiger charge is 2.22. The van der Waals surface area contributed by atoms with Crippen LogP contribution < -0.4 is 5.73 Å². The highest BCUT2D eigenvalue weighted by molar-refractivity contribution is 7.38. The maximum Gasteiger partial charge on any atom is 0.307 e. The van der Waals surface area contributed by atoms with Gasteiger partial charge in [-0.25, -0.2) is 0 Å². The Balaban J connectivity index is 3.80. The third-order valence-electron chi connectivity index (χ3n) is 1.88. The third kappa shape index (κ3) is 8.59. The standard InChI is InChI=1S/C11H22NO2P/c1-4-6-7-15-9-11(3,12)8-10(13)14-5-2/h4,6,15H,5,7-9,12H2,1-3H3/b6-4+. The van der Waals surface area contributed by atoms with Crippen molar-refractivity contribution in [1.29, 1.82) is 0 Å². The first kappa shape index (κ1) is 14.6. The first-order valence-corrected chi connectivity index (χ1v) is 6.69. The molecule has 0 aliphatic heterocycles. The van der Waals surface area contributed by atoms with Crippen molar-refractivity contribution in [1.82, 2.24) is 0 Å². The summed E-state index contributed by atoms with van der Waals surface area (Å²) in [4.78, 5) is 11.2. The number of hydrogen-bond donors (Lipinski definition) is 1. The lowest BCUT2D eigenvalue weighted by molar-refractivity contribution is -0.144. The summed E-state index contributed by atoms with van der Waals surface area (Å²) in [5, 5.41) is 0. The van der Waals surface area contributed by atoms with Crippen LogP contribution in [0.25, 0.3) is 0 Å². The molecule has 0 saturated heterocycles. The van der Waals surface area contributed by atoms with E-state index in [0.717, 1.165) is 20.9 Å². The highest BCUT2D eigenvalue weighted by Crippen LogP contribution is 2.20. The minimum atomic E-state index is -0.424. The van der Waals surface area contributed by atoms with Gasteiger partial charge in [0.15, 0.2) is 0 Å². The lowest BCUT2D eigenvalue weighted by Gasteiger charge is -2.22. The maximum atomic E-state index is 11.2. The summed E-state index contributed by atoms with van der Waals surface area (Å²) >= 11 is 0. The Morgan fingerprint density at radius 2 is 2.27 bits per heavy atom. The van der Waals surface area contributed by atoms with Crippen molar-refractivity contribution in [3.63, 3.8) is 0 Å². The van der Waals surface area contributed by atoms with Crippen molar-refractivity contribution in [2.75, 3.05) is 18.9 Å². The second-order valence-electron chi connectivity index (χ2n) is 3.84. The normalized spacial score (nSPS) is 16.0.